The van der Waals surface area contributed by atoms with E-state index >= 15 is 0 Å². The number of nitrogens with one attached hydrogen (secondary N) is 2. The molecular weight excluding hydrogens is 407 g/mol. The number of ether oxygens (including phenoxy) is 1. The molecule has 0 atom stereocenters. The van der Waals surface area contributed by atoms with Crippen molar-refractivity contribution in [3.8, 4) is 0 Å². The number of anilines is 2. The van der Waals surface area contributed by atoms with Crippen LogP contribution in [0.2, 0.25) is 0 Å². The second-order valence-corrected chi connectivity index (χ2v) is 7.30. The molecule has 0 aliphatic carbocycles. The fourth-order valence-electron chi connectivity index (χ4n) is 3.04. The van der Waals surface area contributed by atoms with Gasteiger partial charge in [0.15, 0.2) is 0 Å². The van der Waals surface area contributed by atoms with E-state index in [0.717, 1.165) is 12.1 Å². The summed E-state index contributed by atoms with van der Waals surface area (Å²) in [6.07, 6.45) is -3.65. The Kier molecular flexibility index (Phi) is 7.12. The molecule has 3 rings (SSSR count). The third-order valence-electron chi connectivity index (χ3n) is 4.48. The Morgan fingerprint density at radius 1 is 1.10 bits per heavy atom. The van der Waals surface area contributed by atoms with Gasteiger partial charge in [-0.3, -0.25) is 4.79 Å². The molecule has 5 nitrogen and oxygen atoms in total. The van der Waals surface area contributed by atoms with Crippen molar-refractivity contribution >= 4 is 28.3 Å². The van der Waals surface area contributed by atoms with Gasteiger partial charge in [0.05, 0.1) is 22.7 Å². The lowest BCUT2D eigenvalue weighted by molar-refractivity contribution is -0.137. The van der Waals surface area contributed by atoms with Crippen molar-refractivity contribution in [3.05, 3.63) is 65.7 Å². The van der Waals surface area contributed by atoms with Crippen LogP contribution in [-0.2, 0) is 10.9 Å². The smallest absolute Gasteiger partial charge is 0.379 e. The van der Waals surface area contributed by atoms with Crippen LogP contribution in [0.3, 0.4) is 0 Å². The number of para-hydroxylation sites is 1. The van der Waals surface area contributed by atoms with Gasteiger partial charge in [0, 0.05) is 24.2 Å². The minimum Gasteiger partial charge on any atom is -0.379 e. The van der Waals surface area contributed by atoms with E-state index < -0.39 is 11.7 Å². The van der Waals surface area contributed by atoms with E-state index in [9.17, 15) is 18.0 Å². The molecule has 2 N–H and O–H groups in total. The molecular formula is C23H24F3N3O2. The maximum atomic E-state index is 13.0. The van der Waals surface area contributed by atoms with E-state index in [1.807, 2.05) is 13.8 Å². The molecule has 0 fully saturated rings. The molecule has 0 aliphatic heterocycles. The molecule has 0 saturated heterocycles. The van der Waals surface area contributed by atoms with E-state index in [4.69, 9.17) is 4.74 Å². The lowest BCUT2D eigenvalue weighted by Crippen LogP contribution is -2.26. The van der Waals surface area contributed by atoms with Crippen LogP contribution in [-0.4, -0.2) is 30.1 Å². The van der Waals surface area contributed by atoms with Gasteiger partial charge in [0.1, 0.15) is 5.82 Å². The van der Waals surface area contributed by atoms with Crippen LogP contribution in [0.25, 0.3) is 10.9 Å². The summed E-state index contributed by atoms with van der Waals surface area (Å²) in [5, 5.41) is 6.40. The van der Waals surface area contributed by atoms with Crippen LogP contribution < -0.4 is 10.6 Å². The number of fused-ring (bicyclic) bond motifs is 1. The number of halogens is 3. The van der Waals surface area contributed by atoms with Gasteiger partial charge >= 0.3 is 6.18 Å². The molecule has 3 aromatic rings. The van der Waals surface area contributed by atoms with Gasteiger partial charge < -0.3 is 15.4 Å². The van der Waals surface area contributed by atoms with Crippen molar-refractivity contribution < 1.29 is 22.7 Å². The minimum atomic E-state index is -4.45. The second kappa shape index (κ2) is 9.78. The van der Waals surface area contributed by atoms with E-state index in [-0.39, 0.29) is 23.5 Å². The van der Waals surface area contributed by atoms with Crippen molar-refractivity contribution in [1.82, 2.24) is 10.3 Å². The second-order valence-electron chi connectivity index (χ2n) is 7.30. The standard InChI is InChI=1S/C23H24F3N3O2/c1-15(2)31-12-6-11-27-22(30)19-14-21(29-20-10-4-3-9-18(19)20)28-17-8-5-7-16(13-17)23(24,25)26/h3-5,7-10,13-15H,6,11-12H2,1-2H3,(H,27,30)(H,28,29). The van der Waals surface area contributed by atoms with Gasteiger partial charge in [-0.15, -0.1) is 0 Å². The predicted octanol–water partition coefficient (Wildman–Crippen LogP) is 5.54. The molecule has 0 aliphatic rings. The van der Waals surface area contributed by atoms with E-state index in [1.54, 1.807) is 30.3 Å². The first kappa shape index (κ1) is 22.6. The minimum absolute atomic E-state index is 0.129. The molecule has 0 radical (unpaired) electrons. The Labute approximate surface area is 178 Å². The van der Waals surface area contributed by atoms with Gasteiger partial charge in [-0.25, -0.2) is 4.98 Å². The monoisotopic (exact) mass is 431 g/mol. The first-order valence-electron chi connectivity index (χ1n) is 9.98. The van der Waals surface area contributed by atoms with E-state index in [0.29, 0.717) is 36.0 Å². The zero-order chi connectivity index (χ0) is 22.4. The van der Waals surface area contributed by atoms with E-state index in [1.165, 1.54) is 12.1 Å². The van der Waals surface area contributed by atoms with Crippen molar-refractivity contribution in [3.63, 3.8) is 0 Å². The van der Waals surface area contributed by atoms with Crippen LogP contribution in [0.15, 0.2) is 54.6 Å². The zero-order valence-corrected chi connectivity index (χ0v) is 17.3. The van der Waals surface area contributed by atoms with Gasteiger partial charge in [-0.1, -0.05) is 24.3 Å². The number of rotatable bonds is 8. The molecule has 1 heterocycles. The number of carbonyl (C=O) groups is 1. The number of nitrogens with zero attached hydrogens (tertiary/aromatic N) is 1. The maximum Gasteiger partial charge on any atom is 0.416 e. The average molecular weight is 431 g/mol. The molecule has 0 bridgehead atoms. The number of benzene rings is 2. The van der Waals surface area contributed by atoms with E-state index in [2.05, 4.69) is 15.6 Å². The summed E-state index contributed by atoms with van der Waals surface area (Å²) in [4.78, 5) is 17.2. The molecule has 1 aromatic heterocycles. The Hall–Kier alpha value is -3.13. The summed E-state index contributed by atoms with van der Waals surface area (Å²) in [5.74, 6) is 0.00144. The molecule has 31 heavy (non-hydrogen) atoms. The number of pyridine rings is 1. The topological polar surface area (TPSA) is 63.2 Å². The van der Waals surface area contributed by atoms with Crippen LogP contribution in [0, 0.1) is 0 Å². The number of aromatic nitrogens is 1. The highest BCUT2D eigenvalue weighted by atomic mass is 19.4. The number of amides is 1. The lowest BCUT2D eigenvalue weighted by atomic mass is 10.1. The van der Waals surface area contributed by atoms with Crippen molar-refractivity contribution in [2.45, 2.75) is 32.5 Å². The molecule has 164 valence electrons. The van der Waals surface area contributed by atoms with Crippen LogP contribution in [0.4, 0.5) is 24.7 Å². The Morgan fingerprint density at radius 2 is 1.87 bits per heavy atom. The Morgan fingerprint density at radius 3 is 2.61 bits per heavy atom. The summed E-state index contributed by atoms with van der Waals surface area (Å²) in [6, 6.07) is 13.5. The van der Waals surface area contributed by atoms with Crippen LogP contribution in [0.5, 0.6) is 0 Å². The zero-order valence-electron chi connectivity index (χ0n) is 17.3. The molecule has 2 aromatic carbocycles. The summed E-state index contributed by atoms with van der Waals surface area (Å²) in [7, 11) is 0. The Bertz CT molecular complexity index is 1050. The van der Waals surface area contributed by atoms with Crippen molar-refractivity contribution in [1.29, 1.82) is 0 Å². The number of hydrogen-bond acceptors (Lipinski definition) is 4. The fourth-order valence-corrected chi connectivity index (χ4v) is 3.04. The number of hydrogen-bond donors (Lipinski definition) is 2. The highest BCUT2D eigenvalue weighted by Gasteiger charge is 2.30. The predicted molar refractivity (Wildman–Crippen MR) is 115 cm³/mol. The summed E-state index contributed by atoms with van der Waals surface area (Å²) in [5.41, 5.74) is 0.423. The van der Waals surface area contributed by atoms with Crippen LogP contribution in [0.1, 0.15) is 36.2 Å². The highest BCUT2D eigenvalue weighted by molar-refractivity contribution is 6.07. The van der Waals surface area contributed by atoms with Gasteiger partial charge in [-0.2, -0.15) is 13.2 Å². The average Bonchev–Trinajstić information content (AvgIpc) is 2.72. The third-order valence-corrected chi connectivity index (χ3v) is 4.48. The highest BCUT2D eigenvalue weighted by Crippen LogP contribution is 2.31. The molecule has 0 unspecified atom stereocenters. The van der Waals surface area contributed by atoms with Gasteiger partial charge in [0.25, 0.3) is 5.91 Å². The summed E-state index contributed by atoms with van der Waals surface area (Å²) >= 11 is 0. The van der Waals surface area contributed by atoms with Crippen molar-refractivity contribution in [2.24, 2.45) is 0 Å². The quantitative estimate of drug-likeness (QED) is 0.460. The summed E-state index contributed by atoms with van der Waals surface area (Å²) in [6.45, 7) is 4.87. The van der Waals surface area contributed by atoms with Gasteiger partial charge in [-0.05, 0) is 50.6 Å². The largest absolute Gasteiger partial charge is 0.416 e. The van der Waals surface area contributed by atoms with Crippen molar-refractivity contribution in [2.75, 3.05) is 18.5 Å². The first-order valence-corrected chi connectivity index (χ1v) is 9.98. The first-order chi connectivity index (χ1) is 14.7. The third kappa shape index (κ3) is 6.18. The SMILES string of the molecule is CC(C)OCCCNC(=O)c1cc(Nc2cccc(C(F)(F)F)c2)nc2ccccc12. The number of alkyl halides is 3. The van der Waals surface area contributed by atoms with Crippen LogP contribution >= 0.6 is 0 Å². The molecule has 1 amide bonds. The molecule has 0 spiro atoms. The Balaban J connectivity index is 1.82. The summed E-state index contributed by atoms with van der Waals surface area (Å²) < 4.78 is 44.5. The van der Waals surface area contributed by atoms with Gasteiger partial charge in [0.2, 0.25) is 0 Å². The maximum absolute atomic E-state index is 13.0. The fraction of sp³-hybridized carbons (Fsp3) is 0.304. The molecule has 0 saturated carbocycles. The lowest BCUT2D eigenvalue weighted by Gasteiger charge is -2.13. The normalized spacial score (nSPS) is 11.7. The number of carbonyl (C=O) groups excluding carboxylic acids is 1. The molecule has 8 heteroatoms.